The Morgan fingerprint density at radius 2 is 2.07 bits per heavy atom. The quantitative estimate of drug-likeness (QED) is 0.597. The van der Waals surface area contributed by atoms with Crippen LogP contribution in [0.15, 0.2) is 41.6 Å². The molecule has 0 atom stereocenters. The largest absolute Gasteiger partial charge is 0.399 e. The zero-order valence-electron chi connectivity index (χ0n) is 7.60. The zero-order valence-corrected chi connectivity index (χ0v) is 8.42. The first kappa shape index (κ1) is 9.15. The summed E-state index contributed by atoms with van der Waals surface area (Å²) in [6, 6.07) is 7.88. The Labute approximate surface area is 86.7 Å². The van der Waals surface area contributed by atoms with Gasteiger partial charge in [0.15, 0.2) is 0 Å². The summed E-state index contributed by atoms with van der Waals surface area (Å²) >= 11 is 1.77. The number of thioether (sulfide) groups is 1. The van der Waals surface area contributed by atoms with Crippen LogP contribution in [0.25, 0.3) is 0 Å². The van der Waals surface area contributed by atoms with E-state index in [1.165, 1.54) is 10.5 Å². The van der Waals surface area contributed by atoms with Gasteiger partial charge in [-0.05, 0) is 24.3 Å². The predicted octanol–water partition coefficient (Wildman–Crippen LogP) is 2.28. The number of hydrogen-bond acceptors (Lipinski definition) is 3. The number of H-pyrrole nitrogens is 1. The molecule has 0 fully saturated rings. The van der Waals surface area contributed by atoms with Crippen molar-refractivity contribution >= 4 is 17.4 Å². The molecule has 0 bridgehead atoms. The van der Waals surface area contributed by atoms with Crippen molar-refractivity contribution < 1.29 is 0 Å². The minimum Gasteiger partial charge on any atom is -0.399 e. The van der Waals surface area contributed by atoms with Crippen molar-refractivity contribution in [3.8, 4) is 0 Å². The average Bonchev–Trinajstić information content (AvgIpc) is 2.70. The first-order chi connectivity index (χ1) is 6.84. The van der Waals surface area contributed by atoms with E-state index in [0.717, 1.165) is 11.4 Å². The minimum absolute atomic E-state index is 0.803. The first-order valence-electron chi connectivity index (χ1n) is 4.30. The Morgan fingerprint density at radius 3 is 2.71 bits per heavy atom. The van der Waals surface area contributed by atoms with Gasteiger partial charge < -0.3 is 5.73 Å². The van der Waals surface area contributed by atoms with E-state index in [1.54, 1.807) is 11.8 Å². The molecule has 2 aromatic rings. The lowest BCUT2D eigenvalue weighted by atomic mass is 10.3. The second-order valence-electron chi connectivity index (χ2n) is 2.96. The lowest BCUT2D eigenvalue weighted by Gasteiger charge is -1.99. The molecule has 0 aliphatic carbocycles. The molecule has 0 aliphatic heterocycles. The molecule has 0 saturated carbocycles. The molecule has 1 heterocycles. The number of nitrogens with one attached hydrogen (secondary N) is 1. The Morgan fingerprint density at radius 1 is 1.29 bits per heavy atom. The van der Waals surface area contributed by atoms with Gasteiger partial charge in [-0.15, -0.1) is 11.8 Å². The van der Waals surface area contributed by atoms with Crippen molar-refractivity contribution in [3.63, 3.8) is 0 Å². The summed E-state index contributed by atoms with van der Waals surface area (Å²) < 4.78 is 0. The standard InChI is InChI=1S/C10H11N3S/c11-9-1-3-10(4-2-9)14-7-8-5-12-13-6-8/h1-6H,7,11H2,(H,12,13). The summed E-state index contributed by atoms with van der Waals surface area (Å²) in [6.45, 7) is 0. The van der Waals surface area contributed by atoms with Crippen LogP contribution in [0.4, 0.5) is 5.69 Å². The average molecular weight is 205 g/mol. The van der Waals surface area contributed by atoms with Crippen LogP contribution in [0.5, 0.6) is 0 Å². The van der Waals surface area contributed by atoms with Gasteiger partial charge in [0.1, 0.15) is 0 Å². The highest BCUT2D eigenvalue weighted by molar-refractivity contribution is 7.98. The highest BCUT2D eigenvalue weighted by atomic mass is 32.2. The third-order valence-corrected chi connectivity index (χ3v) is 2.92. The van der Waals surface area contributed by atoms with Crippen LogP contribution in [0.2, 0.25) is 0 Å². The number of aromatic nitrogens is 2. The smallest absolute Gasteiger partial charge is 0.0527 e. The maximum Gasteiger partial charge on any atom is 0.0527 e. The SMILES string of the molecule is Nc1ccc(SCc2cn[nH]c2)cc1. The molecule has 0 radical (unpaired) electrons. The van der Waals surface area contributed by atoms with Crippen LogP contribution < -0.4 is 5.73 Å². The molecule has 0 aliphatic rings. The van der Waals surface area contributed by atoms with Crippen LogP contribution in [-0.2, 0) is 5.75 Å². The van der Waals surface area contributed by atoms with Crippen molar-refractivity contribution in [2.24, 2.45) is 0 Å². The van der Waals surface area contributed by atoms with E-state index in [9.17, 15) is 0 Å². The summed E-state index contributed by atoms with van der Waals surface area (Å²) in [4.78, 5) is 1.22. The van der Waals surface area contributed by atoms with Crippen LogP contribution in [0.1, 0.15) is 5.56 Å². The monoisotopic (exact) mass is 205 g/mol. The molecule has 1 aromatic carbocycles. The van der Waals surface area contributed by atoms with Gasteiger partial charge in [0.05, 0.1) is 6.20 Å². The van der Waals surface area contributed by atoms with E-state index < -0.39 is 0 Å². The third-order valence-electron chi connectivity index (χ3n) is 1.84. The van der Waals surface area contributed by atoms with Gasteiger partial charge in [-0.25, -0.2) is 0 Å². The molecule has 0 spiro atoms. The highest BCUT2D eigenvalue weighted by Crippen LogP contribution is 2.22. The Kier molecular flexibility index (Phi) is 2.74. The lowest BCUT2D eigenvalue weighted by Crippen LogP contribution is -1.82. The van der Waals surface area contributed by atoms with Gasteiger partial charge in [0.2, 0.25) is 0 Å². The number of benzene rings is 1. The first-order valence-corrected chi connectivity index (χ1v) is 5.29. The Hall–Kier alpha value is -1.42. The molecule has 3 nitrogen and oxygen atoms in total. The summed E-state index contributed by atoms with van der Waals surface area (Å²) in [5.41, 5.74) is 7.60. The molecule has 3 N–H and O–H groups in total. The molecule has 0 amide bonds. The molecule has 0 unspecified atom stereocenters. The van der Waals surface area contributed by atoms with Crippen molar-refractivity contribution in [3.05, 3.63) is 42.2 Å². The van der Waals surface area contributed by atoms with Gasteiger partial charge in [0.25, 0.3) is 0 Å². The summed E-state index contributed by atoms with van der Waals surface area (Å²) in [5.74, 6) is 0.931. The second kappa shape index (κ2) is 4.19. The maximum atomic E-state index is 5.59. The Balaban J connectivity index is 1.95. The number of nitrogens with zero attached hydrogens (tertiary/aromatic N) is 1. The van der Waals surface area contributed by atoms with Crippen LogP contribution in [0, 0.1) is 0 Å². The number of anilines is 1. The summed E-state index contributed by atoms with van der Waals surface area (Å²) in [7, 11) is 0. The summed E-state index contributed by atoms with van der Waals surface area (Å²) in [6.07, 6.45) is 3.74. The van der Waals surface area contributed by atoms with Gasteiger partial charge >= 0.3 is 0 Å². The van der Waals surface area contributed by atoms with Gasteiger partial charge in [-0.3, -0.25) is 5.10 Å². The molecular formula is C10H11N3S. The normalized spacial score (nSPS) is 10.3. The van der Waals surface area contributed by atoms with Crippen LogP contribution >= 0.6 is 11.8 Å². The number of rotatable bonds is 3. The van der Waals surface area contributed by atoms with Crippen LogP contribution in [0.3, 0.4) is 0 Å². The minimum atomic E-state index is 0.803. The Bertz CT molecular complexity index is 380. The number of nitrogens with two attached hydrogens (primary N) is 1. The van der Waals surface area contributed by atoms with E-state index >= 15 is 0 Å². The fourth-order valence-electron chi connectivity index (χ4n) is 1.09. The highest BCUT2D eigenvalue weighted by Gasteiger charge is 1.96. The van der Waals surface area contributed by atoms with Gasteiger partial charge in [0, 0.05) is 28.1 Å². The lowest BCUT2D eigenvalue weighted by molar-refractivity contribution is 1.09. The maximum absolute atomic E-state index is 5.59. The molecule has 2 rings (SSSR count). The number of aromatic amines is 1. The summed E-state index contributed by atoms with van der Waals surface area (Å²) in [5, 5.41) is 6.68. The molecule has 0 saturated heterocycles. The van der Waals surface area contributed by atoms with Crippen molar-refractivity contribution in [1.82, 2.24) is 10.2 Å². The zero-order chi connectivity index (χ0) is 9.80. The fourth-order valence-corrected chi connectivity index (χ4v) is 1.91. The third kappa shape index (κ3) is 2.29. The van der Waals surface area contributed by atoms with E-state index in [2.05, 4.69) is 10.2 Å². The van der Waals surface area contributed by atoms with Crippen molar-refractivity contribution in [2.45, 2.75) is 10.6 Å². The molecule has 14 heavy (non-hydrogen) atoms. The van der Waals surface area contributed by atoms with E-state index in [0.29, 0.717) is 0 Å². The number of nitrogen functional groups attached to an aromatic ring is 1. The van der Waals surface area contributed by atoms with E-state index in [-0.39, 0.29) is 0 Å². The number of hydrogen-bond donors (Lipinski definition) is 2. The molecular weight excluding hydrogens is 194 g/mol. The van der Waals surface area contributed by atoms with Crippen LogP contribution in [-0.4, -0.2) is 10.2 Å². The van der Waals surface area contributed by atoms with Crippen molar-refractivity contribution in [2.75, 3.05) is 5.73 Å². The molecule has 4 heteroatoms. The fraction of sp³-hybridized carbons (Fsp3) is 0.100. The van der Waals surface area contributed by atoms with Gasteiger partial charge in [-0.1, -0.05) is 0 Å². The molecule has 72 valence electrons. The van der Waals surface area contributed by atoms with E-state index in [1.807, 2.05) is 36.7 Å². The van der Waals surface area contributed by atoms with Crippen molar-refractivity contribution in [1.29, 1.82) is 0 Å². The topological polar surface area (TPSA) is 54.7 Å². The predicted molar refractivity (Wildman–Crippen MR) is 59.0 cm³/mol. The molecule has 1 aromatic heterocycles. The second-order valence-corrected chi connectivity index (χ2v) is 4.01. The van der Waals surface area contributed by atoms with E-state index in [4.69, 9.17) is 5.73 Å². The van der Waals surface area contributed by atoms with Gasteiger partial charge in [-0.2, -0.15) is 5.10 Å².